The molecule has 0 radical (unpaired) electrons. The zero-order chi connectivity index (χ0) is 28.5. The van der Waals surface area contributed by atoms with Crippen molar-refractivity contribution in [1.29, 1.82) is 0 Å². The van der Waals surface area contributed by atoms with E-state index in [2.05, 4.69) is 0 Å². The van der Waals surface area contributed by atoms with Gasteiger partial charge in [-0.2, -0.15) is 39.5 Å². The van der Waals surface area contributed by atoms with Crippen molar-refractivity contribution in [2.45, 2.75) is 76.2 Å². The highest BCUT2D eigenvalue weighted by atomic mass is 19.4. The predicted molar refractivity (Wildman–Crippen MR) is 120 cm³/mol. The lowest BCUT2D eigenvalue weighted by molar-refractivity contribution is -0.142. The van der Waals surface area contributed by atoms with E-state index in [-0.39, 0.29) is 19.3 Å². The van der Waals surface area contributed by atoms with Crippen LogP contribution < -0.4 is 0 Å². The van der Waals surface area contributed by atoms with Crippen LogP contribution >= 0.6 is 0 Å². The summed E-state index contributed by atoms with van der Waals surface area (Å²) in [4.78, 5) is 13.0. The van der Waals surface area contributed by atoms with Crippen LogP contribution in [0.3, 0.4) is 0 Å². The molecule has 1 fully saturated rings. The van der Waals surface area contributed by atoms with E-state index in [9.17, 15) is 49.4 Å². The van der Waals surface area contributed by atoms with E-state index in [1.165, 1.54) is 12.1 Å². The SMILES string of the molecule is CCC[C@H]1C[C@@H](CC(=O)O)C[C@@H](c2ccc(C(F)(F)F)cc2)N1Cc1cc(C(F)(F)F)ccc1C(F)(F)F. The molecule has 1 heterocycles. The smallest absolute Gasteiger partial charge is 0.416 e. The van der Waals surface area contributed by atoms with Crippen LogP contribution in [-0.4, -0.2) is 22.0 Å². The van der Waals surface area contributed by atoms with Crippen LogP contribution in [-0.2, 0) is 29.9 Å². The van der Waals surface area contributed by atoms with Gasteiger partial charge in [0.1, 0.15) is 0 Å². The number of halogens is 9. The molecular weight excluding hydrogens is 529 g/mol. The molecule has 12 heteroatoms. The molecule has 0 spiro atoms. The van der Waals surface area contributed by atoms with Crippen molar-refractivity contribution in [3.05, 3.63) is 70.3 Å². The summed E-state index contributed by atoms with van der Waals surface area (Å²) in [6.45, 7) is 1.26. The Morgan fingerprint density at radius 3 is 1.95 bits per heavy atom. The Morgan fingerprint density at radius 2 is 1.45 bits per heavy atom. The molecule has 210 valence electrons. The number of rotatable bonds is 7. The second-order valence-electron chi connectivity index (χ2n) is 9.55. The maximum Gasteiger partial charge on any atom is 0.416 e. The van der Waals surface area contributed by atoms with E-state index in [1.807, 2.05) is 0 Å². The molecule has 0 unspecified atom stereocenters. The predicted octanol–water partition coefficient (Wildman–Crippen LogP) is 8.34. The molecule has 1 saturated heterocycles. The molecule has 2 aromatic carbocycles. The Hall–Kier alpha value is -2.76. The lowest BCUT2D eigenvalue weighted by Crippen LogP contribution is -2.45. The number of likely N-dealkylation sites (tertiary alicyclic amines) is 1. The van der Waals surface area contributed by atoms with Crippen LogP contribution in [0.15, 0.2) is 42.5 Å². The van der Waals surface area contributed by atoms with E-state index < -0.39 is 71.3 Å². The molecular formula is C26H26F9NO2. The second kappa shape index (κ2) is 11.2. The highest BCUT2D eigenvalue weighted by Gasteiger charge is 2.41. The molecule has 2 aromatic rings. The minimum Gasteiger partial charge on any atom is -0.481 e. The molecule has 3 nitrogen and oxygen atoms in total. The molecule has 0 aromatic heterocycles. The van der Waals surface area contributed by atoms with E-state index >= 15 is 0 Å². The highest BCUT2D eigenvalue weighted by molar-refractivity contribution is 5.67. The quantitative estimate of drug-likeness (QED) is 0.349. The maximum absolute atomic E-state index is 13.8. The standard InChI is InChI=1S/C26H26F9NO2/c1-2-3-20-10-15(12-23(37)38)11-22(16-4-6-18(7-5-16)24(27,28)29)36(20)14-17-13-19(25(30,31)32)8-9-21(17)26(33,34)35/h4-9,13,15,20,22H,2-3,10-12,14H2,1H3,(H,37,38)/t15-,20+,22+/m1/s1. The van der Waals surface area contributed by atoms with Crippen LogP contribution in [0, 0.1) is 5.92 Å². The van der Waals surface area contributed by atoms with Crippen LogP contribution in [0.5, 0.6) is 0 Å². The number of hydrogen-bond acceptors (Lipinski definition) is 2. The van der Waals surface area contributed by atoms with Gasteiger partial charge in [0.2, 0.25) is 0 Å². The summed E-state index contributed by atoms with van der Waals surface area (Å²) < 4.78 is 121. The number of alkyl halides is 9. The van der Waals surface area contributed by atoms with Crippen molar-refractivity contribution >= 4 is 5.97 Å². The molecule has 0 saturated carbocycles. The first-order valence-corrected chi connectivity index (χ1v) is 11.9. The Balaban J connectivity index is 2.11. The van der Waals surface area contributed by atoms with Crippen molar-refractivity contribution < 1.29 is 49.4 Å². The molecule has 0 bridgehead atoms. The number of benzene rings is 2. The third kappa shape index (κ3) is 7.21. The first-order chi connectivity index (χ1) is 17.5. The van der Waals surface area contributed by atoms with Gasteiger partial charge in [0.15, 0.2) is 0 Å². The largest absolute Gasteiger partial charge is 0.481 e. The van der Waals surface area contributed by atoms with Crippen LogP contribution in [0.2, 0.25) is 0 Å². The van der Waals surface area contributed by atoms with Crippen molar-refractivity contribution in [3.63, 3.8) is 0 Å². The van der Waals surface area contributed by atoms with E-state index in [1.54, 1.807) is 11.8 Å². The summed E-state index contributed by atoms with van der Waals surface area (Å²) in [5.74, 6) is -1.52. The van der Waals surface area contributed by atoms with Crippen molar-refractivity contribution in [1.82, 2.24) is 4.90 Å². The van der Waals surface area contributed by atoms with Gasteiger partial charge in [0.05, 0.1) is 16.7 Å². The average Bonchev–Trinajstić information content (AvgIpc) is 2.78. The topological polar surface area (TPSA) is 40.5 Å². The Bertz CT molecular complexity index is 1110. The van der Waals surface area contributed by atoms with E-state index in [0.717, 1.165) is 12.1 Å². The lowest BCUT2D eigenvalue weighted by atomic mass is 9.79. The number of carboxylic acids is 1. The summed E-state index contributed by atoms with van der Waals surface area (Å²) >= 11 is 0. The fourth-order valence-electron chi connectivity index (χ4n) is 5.19. The monoisotopic (exact) mass is 555 g/mol. The molecule has 1 aliphatic rings. The molecule has 1 N–H and O–H groups in total. The van der Waals surface area contributed by atoms with Crippen molar-refractivity contribution in [3.8, 4) is 0 Å². The van der Waals surface area contributed by atoms with Gasteiger partial charge in [-0.25, -0.2) is 0 Å². The molecule has 3 atom stereocenters. The number of carboxylic acid groups (broad SMARTS) is 1. The number of aliphatic carboxylic acids is 1. The van der Waals surface area contributed by atoms with Gasteiger partial charge in [-0.05, 0) is 66.6 Å². The lowest BCUT2D eigenvalue weighted by Gasteiger charge is -2.46. The van der Waals surface area contributed by atoms with Crippen molar-refractivity contribution in [2.24, 2.45) is 5.92 Å². The Labute approximate surface area is 213 Å². The Morgan fingerprint density at radius 1 is 0.868 bits per heavy atom. The maximum atomic E-state index is 13.8. The third-order valence-electron chi connectivity index (χ3n) is 6.83. The zero-order valence-electron chi connectivity index (χ0n) is 20.2. The van der Waals surface area contributed by atoms with Crippen LogP contribution in [0.25, 0.3) is 0 Å². The van der Waals surface area contributed by atoms with Crippen molar-refractivity contribution in [2.75, 3.05) is 0 Å². The fourth-order valence-corrected chi connectivity index (χ4v) is 5.19. The van der Waals surface area contributed by atoms with Gasteiger partial charge in [-0.1, -0.05) is 25.5 Å². The number of nitrogens with zero attached hydrogens (tertiary/aromatic N) is 1. The normalized spacial score (nSPS) is 21.5. The van der Waals surface area contributed by atoms with E-state index in [0.29, 0.717) is 36.6 Å². The molecule has 3 rings (SSSR count). The summed E-state index contributed by atoms with van der Waals surface area (Å²) in [7, 11) is 0. The van der Waals surface area contributed by atoms with Gasteiger partial charge in [-0.15, -0.1) is 0 Å². The fraction of sp³-hybridized carbons (Fsp3) is 0.500. The summed E-state index contributed by atoms with van der Waals surface area (Å²) in [6, 6.07) is 3.93. The number of piperidine rings is 1. The molecule has 38 heavy (non-hydrogen) atoms. The second-order valence-corrected chi connectivity index (χ2v) is 9.55. The average molecular weight is 555 g/mol. The highest BCUT2D eigenvalue weighted by Crippen LogP contribution is 2.44. The molecule has 1 aliphatic heterocycles. The Kier molecular flexibility index (Phi) is 8.74. The minimum atomic E-state index is -4.94. The minimum absolute atomic E-state index is 0.109. The molecule has 0 aliphatic carbocycles. The van der Waals surface area contributed by atoms with Gasteiger partial charge < -0.3 is 5.11 Å². The summed E-state index contributed by atoms with van der Waals surface area (Å²) in [6.07, 6.45) is -13.4. The zero-order valence-corrected chi connectivity index (χ0v) is 20.2. The van der Waals surface area contributed by atoms with Crippen LogP contribution in [0.1, 0.15) is 72.9 Å². The molecule has 0 amide bonds. The summed E-state index contributed by atoms with van der Waals surface area (Å²) in [5, 5.41) is 9.33. The van der Waals surface area contributed by atoms with E-state index in [4.69, 9.17) is 0 Å². The third-order valence-corrected chi connectivity index (χ3v) is 6.83. The first kappa shape index (κ1) is 29.8. The summed E-state index contributed by atoms with van der Waals surface area (Å²) in [5.41, 5.74) is -3.72. The number of carbonyl (C=O) groups is 1. The van der Waals surface area contributed by atoms with Gasteiger partial charge >= 0.3 is 24.5 Å². The van der Waals surface area contributed by atoms with Gasteiger partial charge in [0, 0.05) is 25.0 Å². The van der Waals surface area contributed by atoms with Crippen LogP contribution in [0.4, 0.5) is 39.5 Å². The number of hydrogen-bond donors (Lipinski definition) is 1. The van der Waals surface area contributed by atoms with Gasteiger partial charge in [0.25, 0.3) is 0 Å². The first-order valence-electron chi connectivity index (χ1n) is 11.9. The van der Waals surface area contributed by atoms with Gasteiger partial charge in [-0.3, -0.25) is 9.69 Å².